The van der Waals surface area contributed by atoms with E-state index in [1.54, 1.807) is 0 Å². The quantitative estimate of drug-likeness (QED) is 0.159. The lowest BCUT2D eigenvalue weighted by Gasteiger charge is -2.68. The molecule has 3 N–H and O–H groups in total. The number of unbranched alkanes of at least 4 members (excludes halogenated alkanes) is 1. The number of carbonyl (C=O) groups excluding carboxylic acids is 1. The van der Waals surface area contributed by atoms with Crippen LogP contribution in [0.4, 0.5) is 0 Å². The summed E-state index contributed by atoms with van der Waals surface area (Å²) in [7, 11) is 0. The van der Waals surface area contributed by atoms with Crippen molar-refractivity contribution in [1.29, 1.82) is 0 Å². The normalized spacial score (nSPS) is 37.8. The Bertz CT molecular complexity index is 1060. The summed E-state index contributed by atoms with van der Waals surface area (Å²) in [5.74, 6) is 2.23. The zero-order valence-electron chi connectivity index (χ0n) is 29.7. The first-order valence-electron chi connectivity index (χ1n) is 18.2. The summed E-state index contributed by atoms with van der Waals surface area (Å²) in [6, 6.07) is 0. The Labute approximate surface area is 269 Å². The third kappa shape index (κ3) is 6.43. The van der Waals surface area contributed by atoms with E-state index in [1.807, 2.05) is 13.8 Å². The predicted molar refractivity (Wildman–Crippen MR) is 180 cm³/mol. The number of hydrogen-bond acceptors (Lipinski definition) is 4. The number of carboxylic acids is 1. The van der Waals surface area contributed by atoms with Crippen molar-refractivity contribution in [2.75, 3.05) is 6.54 Å². The van der Waals surface area contributed by atoms with Crippen molar-refractivity contribution < 1.29 is 19.4 Å². The van der Waals surface area contributed by atoms with Crippen LogP contribution in [0.1, 0.15) is 152 Å². The summed E-state index contributed by atoms with van der Waals surface area (Å²) >= 11 is 0. The topological polar surface area (TPSA) is 89.6 Å². The number of fused-ring (bicyclic) bond motifs is 5. The molecule has 4 rings (SSSR count). The van der Waals surface area contributed by atoms with Crippen molar-refractivity contribution in [3.8, 4) is 0 Å². The molecule has 44 heavy (non-hydrogen) atoms. The fraction of sp³-hybridized carbons (Fsp3) is 0.897. The molecule has 9 atom stereocenters. The number of esters is 1. The second kappa shape index (κ2) is 13.0. The lowest BCUT2D eigenvalue weighted by Crippen LogP contribution is -2.61. The summed E-state index contributed by atoms with van der Waals surface area (Å²) in [6.07, 6.45) is 15.7. The van der Waals surface area contributed by atoms with Crippen LogP contribution in [0.2, 0.25) is 0 Å². The van der Waals surface area contributed by atoms with Crippen LogP contribution in [0.15, 0.2) is 12.2 Å². The van der Waals surface area contributed by atoms with E-state index in [4.69, 9.17) is 10.5 Å². The summed E-state index contributed by atoms with van der Waals surface area (Å²) < 4.78 is 6.32. The summed E-state index contributed by atoms with van der Waals surface area (Å²) in [5.41, 5.74) is 8.02. The van der Waals surface area contributed by atoms with Gasteiger partial charge in [-0.25, -0.2) is 0 Å². The van der Waals surface area contributed by atoms with Gasteiger partial charge in [-0.05, 0) is 135 Å². The van der Waals surface area contributed by atoms with Gasteiger partial charge in [0.15, 0.2) is 0 Å². The molecule has 5 heteroatoms. The van der Waals surface area contributed by atoms with Crippen molar-refractivity contribution >= 4 is 11.9 Å². The average Bonchev–Trinajstić information content (AvgIpc) is 3.29. The van der Waals surface area contributed by atoms with Crippen LogP contribution in [0, 0.1) is 56.7 Å². The van der Waals surface area contributed by atoms with Gasteiger partial charge in [-0.15, -0.1) is 0 Å². The fourth-order valence-electron chi connectivity index (χ4n) is 11.7. The molecule has 0 heterocycles. The van der Waals surface area contributed by atoms with Crippen molar-refractivity contribution in [3.63, 3.8) is 0 Å². The Morgan fingerprint density at radius 2 is 1.70 bits per heavy atom. The molecule has 4 fully saturated rings. The van der Waals surface area contributed by atoms with Gasteiger partial charge in [0.05, 0.1) is 12.8 Å². The Balaban J connectivity index is 1.53. The Hall–Kier alpha value is -1.36. The molecule has 252 valence electrons. The lowest BCUT2D eigenvalue weighted by molar-refractivity contribution is -0.194. The molecule has 4 saturated carbocycles. The monoisotopic (exact) mass is 614 g/mol. The van der Waals surface area contributed by atoms with Crippen LogP contribution in [0.5, 0.6) is 0 Å². The third-order valence-corrected chi connectivity index (χ3v) is 14.6. The van der Waals surface area contributed by atoms with E-state index in [2.05, 4.69) is 48.1 Å². The van der Waals surface area contributed by atoms with E-state index in [1.165, 1.54) is 69.8 Å². The summed E-state index contributed by atoms with van der Waals surface area (Å²) in [6.45, 7) is 23.5. The number of rotatable bonds is 13. The standard InChI is InChI=1S/C39H67NO4/c1-10-11-12-31(44-33(43)25-35(4,5)24-32(41)42)36(6,7)27-15-17-37(8)28(23-27)13-14-30-34-29(26(2)3)16-18-39(34,21-22-40)20-19-38(30,37)9/h27-31,34H,2,10-25,40H2,1,3-9H3,(H,41,42)/t27-,28-,29+,30-,31+,34-,37-,38-,39-/m1/s1. The van der Waals surface area contributed by atoms with Crippen LogP contribution in [0.3, 0.4) is 0 Å². The van der Waals surface area contributed by atoms with Gasteiger partial charge in [0.2, 0.25) is 0 Å². The van der Waals surface area contributed by atoms with Gasteiger partial charge in [-0.3, -0.25) is 9.59 Å². The molecule has 4 aliphatic carbocycles. The third-order valence-electron chi connectivity index (χ3n) is 14.6. The van der Waals surface area contributed by atoms with Crippen LogP contribution in [0.25, 0.3) is 0 Å². The van der Waals surface area contributed by atoms with Gasteiger partial charge >= 0.3 is 11.9 Å². The molecule has 0 aromatic rings. The molecule has 0 aromatic carbocycles. The Morgan fingerprint density at radius 1 is 1.00 bits per heavy atom. The number of nitrogens with two attached hydrogens (primary N) is 1. The Kier molecular flexibility index (Phi) is 10.5. The first-order valence-corrected chi connectivity index (χ1v) is 18.2. The van der Waals surface area contributed by atoms with Crippen LogP contribution < -0.4 is 5.73 Å². The number of allylic oxidation sites excluding steroid dienone is 1. The molecule has 0 unspecified atom stereocenters. The highest BCUT2D eigenvalue weighted by Crippen LogP contribution is 2.74. The van der Waals surface area contributed by atoms with Gasteiger partial charge in [0.25, 0.3) is 0 Å². The van der Waals surface area contributed by atoms with E-state index in [9.17, 15) is 14.7 Å². The van der Waals surface area contributed by atoms with Gasteiger partial charge in [-0.1, -0.05) is 73.5 Å². The molecular weight excluding hydrogens is 546 g/mol. The minimum atomic E-state index is -0.870. The van der Waals surface area contributed by atoms with Gasteiger partial charge < -0.3 is 15.6 Å². The molecule has 0 aliphatic heterocycles. The van der Waals surface area contributed by atoms with E-state index in [-0.39, 0.29) is 30.3 Å². The maximum atomic E-state index is 13.2. The molecule has 5 nitrogen and oxygen atoms in total. The number of hydrogen-bond donors (Lipinski definition) is 2. The predicted octanol–water partition coefficient (Wildman–Crippen LogP) is 9.58. The van der Waals surface area contributed by atoms with Crippen molar-refractivity contribution in [1.82, 2.24) is 0 Å². The van der Waals surface area contributed by atoms with Gasteiger partial charge in [0, 0.05) is 5.41 Å². The average molecular weight is 614 g/mol. The maximum Gasteiger partial charge on any atom is 0.306 e. The zero-order chi connectivity index (χ0) is 32.7. The maximum absolute atomic E-state index is 13.2. The van der Waals surface area contributed by atoms with Crippen LogP contribution in [-0.4, -0.2) is 29.7 Å². The van der Waals surface area contributed by atoms with Crippen molar-refractivity contribution in [3.05, 3.63) is 12.2 Å². The molecule has 0 aromatic heterocycles. The number of ether oxygens (including phenoxy) is 1. The largest absolute Gasteiger partial charge is 0.481 e. The van der Waals surface area contributed by atoms with Gasteiger partial charge in [-0.2, -0.15) is 0 Å². The first kappa shape index (κ1) is 35.5. The molecule has 0 saturated heterocycles. The van der Waals surface area contributed by atoms with Crippen LogP contribution in [-0.2, 0) is 14.3 Å². The number of carboxylic acid groups (broad SMARTS) is 1. The summed E-state index contributed by atoms with van der Waals surface area (Å²) in [4.78, 5) is 24.6. The van der Waals surface area contributed by atoms with E-state index >= 15 is 0 Å². The molecule has 0 bridgehead atoms. The second-order valence-electron chi connectivity index (χ2n) is 18.0. The molecule has 0 spiro atoms. The SMILES string of the molecule is C=C(C)[C@@H]1CC[C@]2(CCN)CC[C@]3(C)[C@H](CC[C@@H]4C[C@H](C(C)(C)[C@H](CCCC)OC(=O)CC(C)(C)CC(=O)O)CC[C@]43C)[C@@H]12. The second-order valence-corrected chi connectivity index (χ2v) is 18.0. The highest BCUT2D eigenvalue weighted by molar-refractivity contribution is 5.73. The van der Waals surface area contributed by atoms with Crippen molar-refractivity contribution in [2.45, 2.75) is 158 Å². The van der Waals surface area contributed by atoms with E-state index in [0.29, 0.717) is 34.0 Å². The number of carbonyl (C=O) groups is 2. The van der Waals surface area contributed by atoms with Crippen molar-refractivity contribution in [2.24, 2.45) is 62.4 Å². The smallest absolute Gasteiger partial charge is 0.306 e. The first-order chi connectivity index (χ1) is 20.5. The highest BCUT2D eigenvalue weighted by Gasteiger charge is 2.66. The number of aliphatic carboxylic acids is 1. The van der Waals surface area contributed by atoms with Gasteiger partial charge in [0.1, 0.15) is 6.10 Å². The summed E-state index contributed by atoms with van der Waals surface area (Å²) in [5, 5.41) is 9.32. The van der Waals surface area contributed by atoms with E-state index < -0.39 is 11.4 Å². The minimum absolute atomic E-state index is 0.0327. The fourth-order valence-corrected chi connectivity index (χ4v) is 11.7. The molecule has 0 amide bonds. The molecular formula is C39H67NO4. The zero-order valence-corrected chi connectivity index (χ0v) is 29.7. The highest BCUT2D eigenvalue weighted by atomic mass is 16.5. The lowest BCUT2D eigenvalue weighted by atomic mass is 9.37. The van der Waals surface area contributed by atoms with E-state index in [0.717, 1.165) is 37.6 Å². The molecule has 4 aliphatic rings. The molecule has 0 radical (unpaired) electrons. The Morgan fingerprint density at radius 3 is 2.32 bits per heavy atom. The minimum Gasteiger partial charge on any atom is -0.481 e. The van der Waals surface area contributed by atoms with Crippen LogP contribution >= 0.6 is 0 Å².